The van der Waals surface area contributed by atoms with Gasteiger partial charge in [-0.1, -0.05) is 12.1 Å². The van der Waals surface area contributed by atoms with Crippen molar-refractivity contribution in [2.24, 2.45) is 4.99 Å². The summed E-state index contributed by atoms with van der Waals surface area (Å²) in [7, 11) is 0. The van der Waals surface area contributed by atoms with Crippen LogP contribution >= 0.6 is 35.3 Å². The topological polar surface area (TPSA) is 72.2 Å². The predicted octanol–water partition coefficient (Wildman–Crippen LogP) is 2.91. The van der Waals surface area contributed by atoms with E-state index in [1.807, 2.05) is 53.4 Å². The molecule has 2 aromatic heterocycles. The third-order valence-corrected chi connectivity index (χ3v) is 4.72. The Balaban J connectivity index is 0.00000210. The van der Waals surface area contributed by atoms with Gasteiger partial charge in [-0.25, -0.2) is 9.98 Å². The molecule has 0 radical (unpaired) electrons. The van der Waals surface area contributed by atoms with E-state index in [1.54, 1.807) is 11.3 Å². The molecular formula is C18H22IN5O2S. The second-order valence-electron chi connectivity index (χ2n) is 5.90. The second-order valence-corrected chi connectivity index (χ2v) is 6.77. The highest BCUT2D eigenvalue weighted by Gasteiger charge is 2.20. The van der Waals surface area contributed by atoms with Crippen LogP contribution in [0.1, 0.15) is 12.6 Å². The van der Waals surface area contributed by atoms with E-state index < -0.39 is 0 Å². The highest BCUT2D eigenvalue weighted by molar-refractivity contribution is 14.0. The number of aromatic nitrogens is 2. The number of hydrogen-bond acceptors (Lipinski definition) is 5. The SMILES string of the molecule is CCNC(=NCc1cn2ccsc2n1)NCC1COc2ccccc2O1.I. The number of benzene rings is 1. The van der Waals surface area contributed by atoms with Crippen LogP contribution in [0.15, 0.2) is 47.0 Å². The molecule has 0 amide bonds. The van der Waals surface area contributed by atoms with E-state index in [0.29, 0.717) is 19.7 Å². The van der Waals surface area contributed by atoms with Gasteiger partial charge in [0, 0.05) is 24.3 Å². The lowest BCUT2D eigenvalue weighted by atomic mass is 10.2. The molecule has 3 aromatic rings. The van der Waals surface area contributed by atoms with Crippen molar-refractivity contribution in [2.45, 2.75) is 19.6 Å². The van der Waals surface area contributed by atoms with Crippen LogP contribution in [0.25, 0.3) is 4.96 Å². The van der Waals surface area contributed by atoms with Gasteiger partial charge in [-0.2, -0.15) is 0 Å². The number of halogens is 1. The molecule has 4 rings (SSSR count). The number of nitrogens with one attached hydrogen (secondary N) is 2. The summed E-state index contributed by atoms with van der Waals surface area (Å²) in [6.07, 6.45) is 3.95. The minimum absolute atomic E-state index is 0. The Morgan fingerprint density at radius 1 is 1.33 bits per heavy atom. The highest BCUT2D eigenvalue weighted by atomic mass is 127. The summed E-state index contributed by atoms with van der Waals surface area (Å²) in [5, 5.41) is 8.59. The summed E-state index contributed by atoms with van der Waals surface area (Å²) >= 11 is 1.62. The Morgan fingerprint density at radius 2 is 2.19 bits per heavy atom. The van der Waals surface area contributed by atoms with Crippen LogP contribution in [0.4, 0.5) is 0 Å². The maximum absolute atomic E-state index is 5.97. The Kier molecular flexibility index (Phi) is 6.78. The lowest BCUT2D eigenvalue weighted by molar-refractivity contribution is 0.0936. The number of fused-ring (bicyclic) bond motifs is 2. The van der Waals surface area contributed by atoms with E-state index in [-0.39, 0.29) is 30.1 Å². The zero-order valence-electron chi connectivity index (χ0n) is 14.9. The summed E-state index contributed by atoms with van der Waals surface area (Å²) in [4.78, 5) is 10.2. The van der Waals surface area contributed by atoms with Crippen LogP contribution in [0.3, 0.4) is 0 Å². The zero-order valence-corrected chi connectivity index (χ0v) is 18.1. The van der Waals surface area contributed by atoms with Gasteiger partial charge < -0.3 is 20.1 Å². The van der Waals surface area contributed by atoms with E-state index in [4.69, 9.17) is 9.47 Å². The first-order valence-corrected chi connectivity index (χ1v) is 9.51. The van der Waals surface area contributed by atoms with Crippen molar-refractivity contribution < 1.29 is 9.47 Å². The first-order valence-electron chi connectivity index (χ1n) is 8.63. The van der Waals surface area contributed by atoms with Crippen LogP contribution in [-0.2, 0) is 6.54 Å². The van der Waals surface area contributed by atoms with Crippen molar-refractivity contribution >= 4 is 46.2 Å². The molecule has 1 aliphatic heterocycles. The first kappa shape index (κ1) is 19.7. The van der Waals surface area contributed by atoms with Gasteiger partial charge in [-0.05, 0) is 19.1 Å². The number of guanidine groups is 1. The van der Waals surface area contributed by atoms with Crippen molar-refractivity contribution in [2.75, 3.05) is 19.7 Å². The Labute approximate surface area is 178 Å². The smallest absolute Gasteiger partial charge is 0.193 e. The van der Waals surface area contributed by atoms with E-state index >= 15 is 0 Å². The molecule has 0 saturated heterocycles. The zero-order chi connectivity index (χ0) is 17.8. The molecule has 1 atom stereocenters. The first-order chi connectivity index (χ1) is 12.8. The van der Waals surface area contributed by atoms with Crippen molar-refractivity contribution in [1.82, 2.24) is 20.0 Å². The molecule has 0 aliphatic carbocycles. The van der Waals surface area contributed by atoms with Gasteiger partial charge in [-0.15, -0.1) is 35.3 Å². The van der Waals surface area contributed by atoms with Gasteiger partial charge in [0.25, 0.3) is 0 Å². The largest absolute Gasteiger partial charge is 0.486 e. The molecule has 144 valence electrons. The number of aliphatic imine (C=N–C) groups is 1. The number of rotatable bonds is 5. The maximum atomic E-state index is 5.97. The standard InChI is InChI=1S/C18H21N5O2S.HI/c1-2-19-17(20-9-13-11-23-7-8-26-18(23)22-13)21-10-14-12-24-15-5-3-4-6-16(15)25-14;/h3-8,11,14H,2,9-10,12H2,1H3,(H2,19,20,21);1H. The van der Waals surface area contributed by atoms with E-state index in [1.165, 1.54) is 0 Å². The summed E-state index contributed by atoms with van der Waals surface area (Å²) in [6, 6.07) is 7.72. The van der Waals surface area contributed by atoms with Crippen LogP contribution in [-0.4, -0.2) is 41.1 Å². The molecule has 1 aliphatic rings. The van der Waals surface area contributed by atoms with E-state index in [0.717, 1.165) is 34.7 Å². The Bertz CT molecular complexity index is 881. The lowest BCUT2D eigenvalue weighted by Gasteiger charge is -2.27. The molecule has 0 fully saturated rings. The Morgan fingerprint density at radius 3 is 3.00 bits per heavy atom. The van der Waals surface area contributed by atoms with Gasteiger partial charge in [-0.3, -0.25) is 4.40 Å². The van der Waals surface area contributed by atoms with Crippen molar-refractivity contribution in [3.8, 4) is 11.5 Å². The summed E-state index contributed by atoms with van der Waals surface area (Å²) in [5.74, 6) is 2.32. The molecule has 0 saturated carbocycles. The lowest BCUT2D eigenvalue weighted by Crippen LogP contribution is -2.45. The normalized spacial score (nSPS) is 16.0. The monoisotopic (exact) mass is 499 g/mol. The van der Waals surface area contributed by atoms with Crippen LogP contribution in [0.2, 0.25) is 0 Å². The fraction of sp³-hybridized carbons (Fsp3) is 0.333. The van der Waals surface area contributed by atoms with Crippen LogP contribution < -0.4 is 20.1 Å². The Hall–Kier alpha value is -2.01. The molecule has 7 nitrogen and oxygen atoms in total. The molecule has 3 heterocycles. The number of para-hydroxylation sites is 2. The molecule has 1 unspecified atom stereocenters. The van der Waals surface area contributed by atoms with Crippen LogP contribution in [0.5, 0.6) is 11.5 Å². The minimum atomic E-state index is -0.0632. The van der Waals surface area contributed by atoms with E-state index in [9.17, 15) is 0 Å². The molecule has 1 aromatic carbocycles. The van der Waals surface area contributed by atoms with Crippen molar-refractivity contribution in [1.29, 1.82) is 0 Å². The quantitative estimate of drug-likeness (QED) is 0.321. The summed E-state index contributed by atoms with van der Waals surface area (Å²) in [5.41, 5.74) is 0.945. The highest BCUT2D eigenvalue weighted by Crippen LogP contribution is 2.30. The minimum Gasteiger partial charge on any atom is -0.486 e. The predicted molar refractivity (Wildman–Crippen MR) is 118 cm³/mol. The number of nitrogens with zero attached hydrogens (tertiary/aromatic N) is 3. The van der Waals surface area contributed by atoms with Gasteiger partial charge in [0.1, 0.15) is 12.7 Å². The third-order valence-electron chi connectivity index (χ3n) is 3.95. The van der Waals surface area contributed by atoms with Gasteiger partial charge in [0.2, 0.25) is 0 Å². The van der Waals surface area contributed by atoms with Gasteiger partial charge in [0.05, 0.1) is 18.8 Å². The number of thiazole rings is 1. The number of imidazole rings is 1. The van der Waals surface area contributed by atoms with Crippen molar-refractivity contribution in [3.05, 3.63) is 47.7 Å². The number of hydrogen-bond donors (Lipinski definition) is 2. The molecule has 2 N–H and O–H groups in total. The van der Waals surface area contributed by atoms with Gasteiger partial charge in [0.15, 0.2) is 22.4 Å². The van der Waals surface area contributed by atoms with Crippen LogP contribution in [0, 0.1) is 0 Å². The number of ether oxygens (including phenoxy) is 2. The molecule has 27 heavy (non-hydrogen) atoms. The van der Waals surface area contributed by atoms with Gasteiger partial charge >= 0.3 is 0 Å². The third kappa shape index (κ3) is 4.83. The fourth-order valence-corrected chi connectivity index (χ4v) is 3.45. The van der Waals surface area contributed by atoms with Crippen molar-refractivity contribution in [3.63, 3.8) is 0 Å². The molecule has 9 heteroatoms. The average molecular weight is 499 g/mol. The molecular weight excluding hydrogens is 477 g/mol. The molecule has 0 spiro atoms. The fourth-order valence-electron chi connectivity index (χ4n) is 2.73. The average Bonchev–Trinajstić information content (AvgIpc) is 3.25. The maximum Gasteiger partial charge on any atom is 0.193 e. The summed E-state index contributed by atoms with van der Waals surface area (Å²) < 4.78 is 13.7. The van der Waals surface area contributed by atoms with E-state index in [2.05, 4.69) is 20.6 Å². The second kappa shape index (κ2) is 9.27. The summed E-state index contributed by atoms with van der Waals surface area (Å²) in [6.45, 7) is 4.48. The molecule has 0 bridgehead atoms.